The van der Waals surface area contributed by atoms with E-state index in [1.54, 1.807) is 0 Å². The maximum absolute atomic E-state index is 6.09. The van der Waals surface area contributed by atoms with Crippen LogP contribution in [0.1, 0.15) is 12.1 Å². The van der Waals surface area contributed by atoms with Crippen LogP contribution in [0, 0.1) is 5.92 Å². The van der Waals surface area contributed by atoms with Gasteiger partial charge < -0.3 is 4.74 Å². The first-order chi connectivity index (χ1) is 7.83. The largest absolute Gasteiger partial charge is 0.381 e. The van der Waals surface area contributed by atoms with Gasteiger partial charge >= 0.3 is 0 Å². The number of nitrogens with zero attached hydrogens (tertiary/aromatic N) is 2. The minimum atomic E-state index is 0.615. The molecule has 3 heterocycles. The van der Waals surface area contributed by atoms with Crippen molar-refractivity contribution in [3.63, 3.8) is 0 Å². The highest BCUT2D eigenvalue weighted by atomic mass is 35.5. The summed E-state index contributed by atoms with van der Waals surface area (Å²) in [6.07, 6.45) is 4.15. The number of aromatic nitrogens is 2. The lowest BCUT2D eigenvalue weighted by atomic mass is 10.0. The minimum absolute atomic E-state index is 0.615. The van der Waals surface area contributed by atoms with Crippen molar-refractivity contribution in [3.8, 4) is 0 Å². The molecular formula is C12H13ClN2O. The molecule has 3 nitrogen and oxygen atoms in total. The maximum atomic E-state index is 6.09. The molecule has 1 unspecified atom stereocenters. The van der Waals surface area contributed by atoms with Gasteiger partial charge in [-0.1, -0.05) is 17.7 Å². The molecule has 0 bridgehead atoms. The highest BCUT2D eigenvalue weighted by Crippen LogP contribution is 2.19. The lowest BCUT2D eigenvalue weighted by Crippen LogP contribution is -2.03. The predicted molar refractivity (Wildman–Crippen MR) is 62.8 cm³/mol. The Kier molecular flexibility index (Phi) is 2.58. The van der Waals surface area contributed by atoms with Gasteiger partial charge in [0, 0.05) is 19.4 Å². The van der Waals surface area contributed by atoms with Gasteiger partial charge in [0.05, 0.1) is 5.69 Å². The van der Waals surface area contributed by atoms with Gasteiger partial charge in [0.25, 0.3) is 0 Å². The zero-order valence-corrected chi connectivity index (χ0v) is 9.65. The molecule has 84 valence electrons. The molecule has 0 spiro atoms. The number of hydrogen-bond acceptors (Lipinski definition) is 2. The molecule has 0 saturated carbocycles. The Bertz CT molecular complexity index is 503. The van der Waals surface area contributed by atoms with Crippen LogP contribution in [0.3, 0.4) is 0 Å². The third-order valence-corrected chi connectivity index (χ3v) is 3.32. The number of imidazole rings is 1. The van der Waals surface area contributed by atoms with Gasteiger partial charge in [0.1, 0.15) is 10.8 Å². The summed E-state index contributed by atoms with van der Waals surface area (Å²) in [6, 6.07) is 5.77. The van der Waals surface area contributed by atoms with Gasteiger partial charge in [0.15, 0.2) is 0 Å². The van der Waals surface area contributed by atoms with Crippen LogP contribution < -0.4 is 0 Å². The molecule has 0 N–H and O–H groups in total. The Balaban J connectivity index is 1.90. The molecule has 1 fully saturated rings. The molecular weight excluding hydrogens is 224 g/mol. The zero-order chi connectivity index (χ0) is 11.0. The van der Waals surface area contributed by atoms with Crippen molar-refractivity contribution in [1.29, 1.82) is 0 Å². The van der Waals surface area contributed by atoms with E-state index >= 15 is 0 Å². The summed E-state index contributed by atoms with van der Waals surface area (Å²) in [5.41, 5.74) is 2.02. The molecule has 0 aromatic carbocycles. The summed E-state index contributed by atoms with van der Waals surface area (Å²) < 4.78 is 7.29. The van der Waals surface area contributed by atoms with E-state index in [0.717, 1.165) is 37.4 Å². The monoisotopic (exact) mass is 236 g/mol. The molecule has 4 heteroatoms. The standard InChI is InChI=1S/C12H13ClN2O/c13-11-2-1-3-12-14-10(7-15(11)12)6-9-4-5-16-8-9/h1-3,7,9H,4-6,8H2. The van der Waals surface area contributed by atoms with Gasteiger partial charge in [-0.3, -0.25) is 4.40 Å². The average Bonchev–Trinajstić information content (AvgIpc) is 2.88. The van der Waals surface area contributed by atoms with Crippen molar-refractivity contribution >= 4 is 17.2 Å². The van der Waals surface area contributed by atoms with Crippen molar-refractivity contribution in [2.45, 2.75) is 12.8 Å². The number of rotatable bonds is 2. The van der Waals surface area contributed by atoms with E-state index < -0.39 is 0 Å². The molecule has 2 aromatic heterocycles. The first kappa shape index (κ1) is 10.1. The summed E-state index contributed by atoms with van der Waals surface area (Å²) in [5.74, 6) is 0.615. The Morgan fingerprint density at radius 1 is 1.50 bits per heavy atom. The van der Waals surface area contributed by atoms with E-state index in [2.05, 4.69) is 4.98 Å². The summed E-state index contributed by atoms with van der Waals surface area (Å²) in [4.78, 5) is 4.56. The van der Waals surface area contributed by atoms with Crippen molar-refractivity contribution < 1.29 is 4.74 Å². The number of pyridine rings is 1. The lowest BCUT2D eigenvalue weighted by Gasteiger charge is -2.02. The van der Waals surface area contributed by atoms with E-state index in [-0.39, 0.29) is 0 Å². The molecule has 0 radical (unpaired) electrons. The highest BCUT2D eigenvalue weighted by Gasteiger charge is 2.17. The number of fused-ring (bicyclic) bond motifs is 1. The Hall–Kier alpha value is -1.06. The van der Waals surface area contributed by atoms with Crippen molar-refractivity contribution in [1.82, 2.24) is 9.38 Å². The van der Waals surface area contributed by atoms with E-state index in [1.165, 1.54) is 0 Å². The molecule has 2 aromatic rings. The molecule has 1 saturated heterocycles. The molecule has 3 rings (SSSR count). The second-order valence-corrected chi connectivity index (χ2v) is 4.63. The lowest BCUT2D eigenvalue weighted by molar-refractivity contribution is 0.185. The fourth-order valence-corrected chi connectivity index (χ4v) is 2.37. The topological polar surface area (TPSA) is 26.5 Å². The molecule has 1 atom stereocenters. The predicted octanol–water partition coefficient (Wildman–Crippen LogP) is 2.57. The van der Waals surface area contributed by atoms with Gasteiger partial charge in [0.2, 0.25) is 0 Å². The number of halogens is 1. The normalized spacial score (nSPS) is 20.7. The molecule has 0 aliphatic carbocycles. The van der Waals surface area contributed by atoms with Crippen LogP contribution in [0.2, 0.25) is 5.15 Å². The van der Waals surface area contributed by atoms with E-state index in [0.29, 0.717) is 11.1 Å². The summed E-state index contributed by atoms with van der Waals surface area (Å²) in [5, 5.41) is 0.707. The van der Waals surface area contributed by atoms with Gasteiger partial charge in [-0.05, 0) is 30.9 Å². The highest BCUT2D eigenvalue weighted by molar-refractivity contribution is 6.29. The van der Waals surface area contributed by atoms with Crippen LogP contribution in [0.5, 0.6) is 0 Å². The fraction of sp³-hybridized carbons (Fsp3) is 0.417. The van der Waals surface area contributed by atoms with Crippen LogP contribution in [-0.4, -0.2) is 22.6 Å². The van der Waals surface area contributed by atoms with E-state index in [9.17, 15) is 0 Å². The molecule has 0 amide bonds. The number of hydrogen-bond donors (Lipinski definition) is 0. The Morgan fingerprint density at radius 3 is 3.19 bits per heavy atom. The van der Waals surface area contributed by atoms with Gasteiger partial charge in [-0.15, -0.1) is 0 Å². The maximum Gasteiger partial charge on any atom is 0.138 e. The summed E-state index contributed by atoms with van der Waals surface area (Å²) in [7, 11) is 0. The smallest absolute Gasteiger partial charge is 0.138 e. The van der Waals surface area contributed by atoms with Crippen LogP contribution >= 0.6 is 11.6 Å². The first-order valence-electron chi connectivity index (χ1n) is 5.53. The quantitative estimate of drug-likeness (QED) is 0.750. The summed E-state index contributed by atoms with van der Waals surface area (Å²) in [6.45, 7) is 1.75. The van der Waals surface area contributed by atoms with Crippen molar-refractivity contribution in [2.24, 2.45) is 5.92 Å². The van der Waals surface area contributed by atoms with Crippen molar-refractivity contribution in [3.05, 3.63) is 35.2 Å². The van der Waals surface area contributed by atoms with Gasteiger partial charge in [-0.2, -0.15) is 0 Å². The van der Waals surface area contributed by atoms with Crippen LogP contribution in [0.4, 0.5) is 0 Å². The van der Waals surface area contributed by atoms with Crippen molar-refractivity contribution in [2.75, 3.05) is 13.2 Å². The molecule has 1 aliphatic heterocycles. The summed E-state index contributed by atoms with van der Waals surface area (Å²) >= 11 is 6.09. The first-order valence-corrected chi connectivity index (χ1v) is 5.91. The average molecular weight is 237 g/mol. The van der Waals surface area contributed by atoms with Gasteiger partial charge in [-0.25, -0.2) is 4.98 Å². The zero-order valence-electron chi connectivity index (χ0n) is 8.90. The SMILES string of the molecule is Clc1cccc2nc(CC3CCOC3)cn12. The van der Waals surface area contributed by atoms with Crippen LogP contribution in [0.15, 0.2) is 24.4 Å². The minimum Gasteiger partial charge on any atom is -0.381 e. The van der Waals surface area contributed by atoms with E-state index in [4.69, 9.17) is 16.3 Å². The number of ether oxygens (including phenoxy) is 1. The molecule has 16 heavy (non-hydrogen) atoms. The second kappa shape index (κ2) is 4.07. The fourth-order valence-electron chi connectivity index (χ4n) is 2.17. The van der Waals surface area contributed by atoms with Crippen LogP contribution in [-0.2, 0) is 11.2 Å². The van der Waals surface area contributed by atoms with E-state index in [1.807, 2.05) is 28.8 Å². The molecule has 1 aliphatic rings. The van der Waals surface area contributed by atoms with Crippen LogP contribution in [0.25, 0.3) is 5.65 Å². The Morgan fingerprint density at radius 2 is 2.44 bits per heavy atom. The third kappa shape index (κ3) is 1.81. The second-order valence-electron chi connectivity index (χ2n) is 4.24. The third-order valence-electron chi connectivity index (χ3n) is 3.01. The Labute approximate surface area is 99.0 Å².